The molecule has 0 bridgehead atoms. The van der Waals surface area contributed by atoms with Crippen molar-refractivity contribution in [1.29, 1.82) is 0 Å². The molecule has 2 aromatic heterocycles. The quantitative estimate of drug-likeness (QED) is 0.751. The highest BCUT2D eigenvalue weighted by Gasteiger charge is 2.26. The van der Waals surface area contributed by atoms with Crippen molar-refractivity contribution in [2.45, 2.75) is 32.2 Å². The van der Waals surface area contributed by atoms with Crippen molar-refractivity contribution >= 4 is 5.91 Å². The van der Waals surface area contributed by atoms with E-state index in [1.54, 1.807) is 0 Å². The van der Waals surface area contributed by atoms with E-state index in [0.29, 0.717) is 18.1 Å². The van der Waals surface area contributed by atoms with Gasteiger partial charge in [-0.3, -0.25) is 4.79 Å². The van der Waals surface area contributed by atoms with E-state index < -0.39 is 0 Å². The fourth-order valence-electron chi connectivity index (χ4n) is 3.11. The molecule has 0 radical (unpaired) electrons. The Morgan fingerprint density at radius 1 is 1.31 bits per heavy atom. The number of aromatic nitrogens is 3. The van der Waals surface area contributed by atoms with E-state index in [1.165, 1.54) is 18.7 Å². The van der Waals surface area contributed by atoms with Gasteiger partial charge in [-0.25, -0.2) is 0 Å². The second kappa shape index (κ2) is 6.62. The van der Waals surface area contributed by atoms with Gasteiger partial charge in [0.1, 0.15) is 0 Å². The van der Waals surface area contributed by atoms with Gasteiger partial charge in [0, 0.05) is 12.0 Å². The summed E-state index contributed by atoms with van der Waals surface area (Å²) in [5.74, 6) is 1.30. The van der Waals surface area contributed by atoms with E-state index in [4.69, 9.17) is 13.8 Å². The number of methoxy groups -OCH3 is 1. The first kappa shape index (κ1) is 16.3. The Morgan fingerprint density at radius 2 is 2.19 bits per heavy atom. The number of fused-ring (bicyclic) bond motifs is 1. The van der Waals surface area contributed by atoms with Crippen molar-refractivity contribution in [2.24, 2.45) is 0 Å². The maximum atomic E-state index is 12.3. The Kier molecular flexibility index (Phi) is 4.16. The third-order valence-corrected chi connectivity index (χ3v) is 4.48. The second-order valence-electron chi connectivity index (χ2n) is 6.08. The van der Waals surface area contributed by atoms with Gasteiger partial charge in [-0.2, -0.15) is 4.98 Å². The molecule has 1 aliphatic rings. The zero-order chi connectivity index (χ0) is 18.1. The average Bonchev–Trinajstić information content (AvgIpc) is 3.40. The molecule has 0 aliphatic heterocycles. The molecule has 0 saturated carbocycles. The molecule has 0 fully saturated rings. The molecule has 1 atom stereocenters. The lowest BCUT2D eigenvalue weighted by molar-refractivity contribution is 0.0899. The Hall–Kier alpha value is -3.16. The van der Waals surface area contributed by atoms with Gasteiger partial charge < -0.3 is 19.1 Å². The summed E-state index contributed by atoms with van der Waals surface area (Å²) >= 11 is 0. The zero-order valence-corrected chi connectivity index (χ0v) is 14.5. The minimum atomic E-state index is -0.312. The third kappa shape index (κ3) is 2.94. The number of hydrogen-bond donors (Lipinski definition) is 1. The second-order valence-corrected chi connectivity index (χ2v) is 6.08. The fourth-order valence-corrected chi connectivity index (χ4v) is 3.11. The van der Waals surface area contributed by atoms with E-state index in [-0.39, 0.29) is 23.6 Å². The topological polar surface area (TPSA) is 103 Å². The standard InChI is InChI=1S/C18H18N4O4/c1-3-15-20-17(22-26-15)11-4-6-12-10(8-11)5-7-13(12)19-18(23)14-9-16(24-2)21-25-14/h4,6,8-9,13H,3,5,7H2,1-2H3,(H,19,23)/t13-/m1/s1. The molecule has 1 amide bonds. The van der Waals surface area contributed by atoms with Crippen LogP contribution in [0.25, 0.3) is 11.4 Å². The van der Waals surface area contributed by atoms with Gasteiger partial charge in [-0.15, -0.1) is 0 Å². The van der Waals surface area contributed by atoms with E-state index >= 15 is 0 Å². The highest BCUT2D eigenvalue weighted by molar-refractivity contribution is 5.92. The molecule has 0 unspecified atom stereocenters. The van der Waals surface area contributed by atoms with Crippen molar-refractivity contribution < 1.29 is 18.6 Å². The van der Waals surface area contributed by atoms with Crippen LogP contribution in [0.2, 0.25) is 0 Å². The van der Waals surface area contributed by atoms with Crippen LogP contribution in [-0.4, -0.2) is 28.3 Å². The number of amides is 1. The van der Waals surface area contributed by atoms with Crippen molar-refractivity contribution in [3.63, 3.8) is 0 Å². The van der Waals surface area contributed by atoms with E-state index in [2.05, 4.69) is 26.7 Å². The number of benzene rings is 1. The number of hydrogen-bond acceptors (Lipinski definition) is 7. The molecule has 1 aromatic carbocycles. The summed E-state index contributed by atoms with van der Waals surface area (Å²) in [6, 6.07) is 7.41. The number of nitrogens with one attached hydrogen (secondary N) is 1. The Bertz CT molecular complexity index is 946. The molecule has 4 rings (SSSR count). The molecule has 0 spiro atoms. The van der Waals surface area contributed by atoms with Crippen molar-refractivity contribution in [1.82, 2.24) is 20.6 Å². The van der Waals surface area contributed by atoms with E-state index in [0.717, 1.165) is 24.0 Å². The summed E-state index contributed by atoms with van der Waals surface area (Å²) in [5, 5.41) is 10.6. The molecule has 2 heterocycles. The van der Waals surface area contributed by atoms with Crippen LogP contribution in [0.15, 0.2) is 33.3 Å². The van der Waals surface area contributed by atoms with Crippen molar-refractivity contribution in [3.8, 4) is 17.3 Å². The van der Waals surface area contributed by atoms with Gasteiger partial charge in [0.25, 0.3) is 11.8 Å². The average molecular weight is 354 g/mol. The van der Waals surface area contributed by atoms with Crippen LogP contribution in [0.3, 0.4) is 0 Å². The molecular formula is C18H18N4O4. The summed E-state index contributed by atoms with van der Waals surface area (Å²) in [7, 11) is 1.47. The van der Waals surface area contributed by atoms with Crippen LogP contribution in [0.1, 0.15) is 47.0 Å². The lowest BCUT2D eigenvalue weighted by Gasteiger charge is -2.13. The number of rotatable bonds is 5. The molecule has 1 aliphatic carbocycles. The summed E-state index contributed by atoms with van der Waals surface area (Å²) in [6.45, 7) is 1.97. The molecule has 8 nitrogen and oxygen atoms in total. The number of nitrogens with zero attached hydrogens (tertiary/aromatic N) is 3. The summed E-state index contributed by atoms with van der Waals surface area (Å²) in [5.41, 5.74) is 3.18. The first-order valence-corrected chi connectivity index (χ1v) is 8.45. The Labute approximate surface area is 149 Å². The number of aryl methyl sites for hydroxylation is 2. The smallest absolute Gasteiger partial charge is 0.290 e. The first-order chi connectivity index (χ1) is 12.7. The van der Waals surface area contributed by atoms with Crippen molar-refractivity contribution in [2.75, 3.05) is 7.11 Å². The van der Waals surface area contributed by atoms with Gasteiger partial charge >= 0.3 is 0 Å². The zero-order valence-electron chi connectivity index (χ0n) is 14.5. The molecule has 3 aromatic rings. The Balaban J connectivity index is 1.51. The summed E-state index contributed by atoms with van der Waals surface area (Å²) < 4.78 is 15.1. The van der Waals surface area contributed by atoms with Gasteiger partial charge in [-0.05, 0) is 35.2 Å². The normalized spacial score (nSPS) is 15.7. The van der Waals surface area contributed by atoms with Crippen LogP contribution >= 0.6 is 0 Å². The van der Waals surface area contributed by atoms with Gasteiger partial charge in [0.2, 0.25) is 17.5 Å². The van der Waals surface area contributed by atoms with Gasteiger partial charge in [0.05, 0.1) is 19.2 Å². The highest BCUT2D eigenvalue weighted by atomic mass is 16.5. The van der Waals surface area contributed by atoms with Crippen LogP contribution in [0.4, 0.5) is 0 Å². The molecule has 26 heavy (non-hydrogen) atoms. The molecule has 1 N–H and O–H groups in total. The predicted octanol–water partition coefficient (Wildman–Crippen LogP) is 2.71. The first-order valence-electron chi connectivity index (χ1n) is 8.45. The van der Waals surface area contributed by atoms with Gasteiger partial charge in [0.15, 0.2) is 0 Å². The number of ether oxygens (including phenoxy) is 1. The fraction of sp³-hybridized carbons (Fsp3) is 0.333. The largest absolute Gasteiger partial charge is 0.479 e. The lowest BCUT2D eigenvalue weighted by Crippen LogP contribution is -2.26. The van der Waals surface area contributed by atoms with Crippen LogP contribution < -0.4 is 10.1 Å². The Morgan fingerprint density at radius 3 is 2.92 bits per heavy atom. The number of carbonyl (C=O) groups is 1. The monoisotopic (exact) mass is 354 g/mol. The maximum absolute atomic E-state index is 12.3. The summed E-state index contributed by atoms with van der Waals surface area (Å²) in [6.07, 6.45) is 2.40. The van der Waals surface area contributed by atoms with Crippen LogP contribution in [0.5, 0.6) is 5.88 Å². The molecule has 134 valence electrons. The molecule has 0 saturated heterocycles. The van der Waals surface area contributed by atoms with Crippen LogP contribution in [0, 0.1) is 0 Å². The van der Waals surface area contributed by atoms with E-state index in [1.807, 2.05) is 19.1 Å². The minimum absolute atomic E-state index is 0.0703. The van der Waals surface area contributed by atoms with Gasteiger partial charge in [-0.1, -0.05) is 24.2 Å². The van der Waals surface area contributed by atoms with Crippen molar-refractivity contribution in [3.05, 3.63) is 47.0 Å². The minimum Gasteiger partial charge on any atom is -0.479 e. The van der Waals surface area contributed by atoms with Crippen LogP contribution in [-0.2, 0) is 12.8 Å². The highest BCUT2D eigenvalue weighted by Crippen LogP contribution is 2.34. The molecular weight excluding hydrogens is 336 g/mol. The molecule has 8 heteroatoms. The number of carbonyl (C=O) groups excluding carboxylic acids is 1. The third-order valence-electron chi connectivity index (χ3n) is 4.48. The lowest BCUT2D eigenvalue weighted by atomic mass is 10.0. The summed E-state index contributed by atoms with van der Waals surface area (Å²) in [4.78, 5) is 16.7. The predicted molar refractivity (Wildman–Crippen MR) is 90.7 cm³/mol. The maximum Gasteiger partial charge on any atom is 0.290 e. The SMILES string of the molecule is CCc1nc(-c2ccc3c(c2)CC[C@H]3NC(=O)c2cc(OC)no2)no1. The van der Waals surface area contributed by atoms with E-state index in [9.17, 15) is 4.79 Å².